The van der Waals surface area contributed by atoms with Gasteiger partial charge in [-0.25, -0.2) is 4.57 Å². The highest BCUT2D eigenvalue weighted by Crippen LogP contribution is 2.25. The molecule has 0 aliphatic heterocycles. The number of rotatable bonds is 19. The third kappa shape index (κ3) is 33.9. The maximum Gasteiger partial charge on any atom is 0.466 e. The lowest BCUT2D eigenvalue weighted by Gasteiger charge is -2.11. The van der Waals surface area contributed by atoms with Crippen LogP contribution in [0.4, 0.5) is 0 Å². The van der Waals surface area contributed by atoms with E-state index in [1.54, 1.807) is 14.2 Å². The van der Waals surface area contributed by atoms with E-state index in [2.05, 4.69) is 0 Å². The monoisotopic (exact) mass is 446 g/mol. The van der Waals surface area contributed by atoms with Gasteiger partial charge in [-0.2, -0.15) is 11.8 Å². The Kier molecular flexibility index (Phi) is 25.8. The summed E-state index contributed by atoms with van der Waals surface area (Å²) in [5.41, 5.74) is 0. The first-order valence-corrected chi connectivity index (χ1v) is 13.1. The largest absolute Gasteiger partial charge is 0.466 e. The number of thioether (sulfide) groups is 1. The molecule has 0 aliphatic rings. The van der Waals surface area contributed by atoms with E-state index in [0.29, 0.717) is 0 Å². The van der Waals surface area contributed by atoms with Crippen molar-refractivity contribution in [1.82, 2.24) is 0 Å². The van der Waals surface area contributed by atoms with Gasteiger partial charge in [-0.1, -0.05) is 64.2 Å². The van der Waals surface area contributed by atoms with E-state index in [1.165, 1.54) is 82.8 Å². The molecular weight excluding hydrogens is 403 g/mol. The second kappa shape index (κ2) is 23.6. The summed E-state index contributed by atoms with van der Waals surface area (Å²) < 4.78 is 19.1. The number of phosphoric acid groups is 1. The first-order valence-electron chi connectivity index (χ1n) is 10.3. The first-order chi connectivity index (χ1) is 13.3. The summed E-state index contributed by atoms with van der Waals surface area (Å²) in [7, 11) is -1.18. The van der Waals surface area contributed by atoms with Gasteiger partial charge in [-0.15, -0.1) is 0 Å². The van der Waals surface area contributed by atoms with Gasteiger partial charge in [-0.3, -0.25) is 0 Å². The summed E-state index contributed by atoms with van der Waals surface area (Å²) >= 11 is 1.90. The molecule has 0 aliphatic carbocycles. The van der Waals surface area contributed by atoms with E-state index in [4.69, 9.17) is 33.8 Å². The molecular formula is C19H43O7PS. The van der Waals surface area contributed by atoms with E-state index in [0.717, 1.165) is 12.4 Å². The molecule has 0 aromatic rings. The number of hydrogen-bond donors (Lipinski definition) is 4. The lowest BCUT2D eigenvalue weighted by atomic mass is 10.1. The van der Waals surface area contributed by atoms with Crippen LogP contribution in [-0.4, -0.2) is 64.8 Å². The van der Waals surface area contributed by atoms with Crippen molar-refractivity contribution in [2.45, 2.75) is 83.2 Å². The zero-order valence-corrected chi connectivity index (χ0v) is 19.5. The van der Waals surface area contributed by atoms with E-state index in [1.807, 2.05) is 11.8 Å². The molecule has 0 bridgehead atoms. The van der Waals surface area contributed by atoms with Crippen LogP contribution in [-0.2, 0) is 14.0 Å². The van der Waals surface area contributed by atoms with E-state index in [9.17, 15) is 0 Å². The van der Waals surface area contributed by atoms with Gasteiger partial charge in [0, 0.05) is 26.6 Å². The SMILES string of the molecule is COCCCCCCCCCCCCCCSCC(CO)OC.O=P(O)(O)O. The number of aliphatic hydroxyl groups is 1. The Hall–Kier alpha value is 0.340. The molecule has 0 saturated heterocycles. The zero-order valence-electron chi connectivity index (χ0n) is 17.8. The molecule has 0 heterocycles. The minimum atomic E-state index is -4.64. The van der Waals surface area contributed by atoms with Crippen molar-refractivity contribution in [2.75, 3.05) is 38.9 Å². The number of ether oxygens (including phenoxy) is 2. The quantitative estimate of drug-likeness (QED) is 0.173. The molecule has 0 aromatic heterocycles. The lowest BCUT2D eigenvalue weighted by molar-refractivity contribution is 0.0656. The predicted molar refractivity (Wildman–Crippen MR) is 117 cm³/mol. The van der Waals surface area contributed by atoms with Crippen LogP contribution in [0.5, 0.6) is 0 Å². The standard InChI is InChI=1S/C19H40O3S.H3O4P/c1-21-15-13-11-9-7-5-3-4-6-8-10-12-14-16-23-18-19(17-20)22-2;1-5(2,3)4/h19-20H,3-18H2,1-2H3;(H3,1,2,3,4). The second-order valence-corrected chi connectivity index (χ2v) is 9.04. The van der Waals surface area contributed by atoms with E-state index < -0.39 is 7.82 Å². The van der Waals surface area contributed by atoms with Crippen molar-refractivity contribution in [3.05, 3.63) is 0 Å². The van der Waals surface area contributed by atoms with Crippen LogP contribution >= 0.6 is 19.6 Å². The summed E-state index contributed by atoms with van der Waals surface area (Å²) in [4.78, 5) is 21.6. The molecule has 4 N–H and O–H groups in total. The summed E-state index contributed by atoms with van der Waals surface area (Å²) in [6.07, 6.45) is 16.4. The maximum absolute atomic E-state index is 9.01. The van der Waals surface area contributed by atoms with E-state index in [-0.39, 0.29) is 12.7 Å². The molecule has 0 fully saturated rings. The highest BCUT2D eigenvalue weighted by atomic mass is 32.2. The van der Waals surface area contributed by atoms with Crippen LogP contribution in [0.1, 0.15) is 77.0 Å². The normalized spacial score (nSPS) is 12.5. The van der Waals surface area contributed by atoms with Gasteiger partial charge in [0.25, 0.3) is 0 Å². The maximum atomic E-state index is 9.01. The average molecular weight is 447 g/mol. The zero-order chi connectivity index (χ0) is 21.5. The van der Waals surface area contributed by atoms with Crippen LogP contribution in [0.15, 0.2) is 0 Å². The van der Waals surface area contributed by atoms with Crippen molar-refractivity contribution < 1.29 is 33.8 Å². The average Bonchev–Trinajstić information content (AvgIpc) is 2.63. The summed E-state index contributed by atoms with van der Waals surface area (Å²) in [5.74, 6) is 2.11. The minimum absolute atomic E-state index is 0.0139. The Bertz CT molecular complexity index is 330. The molecule has 0 radical (unpaired) electrons. The van der Waals surface area contributed by atoms with Gasteiger partial charge < -0.3 is 29.3 Å². The molecule has 0 aromatic carbocycles. The smallest absolute Gasteiger partial charge is 0.394 e. The van der Waals surface area contributed by atoms with Gasteiger partial charge >= 0.3 is 7.82 Å². The van der Waals surface area contributed by atoms with Gasteiger partial charge in [0.05, 0.1) is 12.7 Å². The van der Waals surface area contributed by atoms with Crippen molar-refractivity contribution in [1.29, 1.82) is 0 Å². The Morgan fingerprint density at radius 3 is 1.54 bits per heavy atom. The fourth-order valence-electron chi connectivity index (χ4n) is 2.63. The number of unbranched alkanes of at least 4 members (excludes halogenated alkanes) is 11. The molecule has 0 amide bonds. The van der Waals surface area contributed by atoms with Crippen LogP contribution < -0.4 is 0 Å². The van der Waals surface area contributed by atoms with Gasteiger partial charge in [0.1, 0.15) is 0 Å². The molecule has 28 heavy (non-hydrogen) atoms. The molecule has 0 rings (SSSR count). The highest BCUT2D eigenvalue weighted by Gasteiger charge is 2.04. The van der Waals surface area contributed by atoms with Crippen molar-refractivity contribution in [2.24, 2.45) is 0 Å². The summed E-state index contributed by atoms with van der Waals surface area (Å²) in [6.45, 7) is 1.06. The molecule has 172 valence electrons. The van der Waals surface area contributed by atoms with Crippen molar-refractivity contribution in [3.8, 4) is 0 Å². The van der Waals surface area contributed by atoms with Crippen LogP contribution in [0.3, 0.4) is 0 Å². The molecule has 1 atom stereocenters. The van der Waals surface area contributed by atoms with Crippen LogP contribution in [0.2, 0.25) is 0 Å². The molecule has 7 nitrogen and oxygen atoms in total. The Labute approximate surface area is 175 Å². The number of hydrogen-bond acceptors (Lipinski definition) is 5. The highest BCUT2D eigenvalue weighted by molar-refractivity contribution is 7.99. The van der Waals surface area contributed by atoms with Gasteiger partial charge in [-0.05, 0) is 18.6 Å². The van der Waals surface area contributed by atoms with E-state index >= 15 is 0 Å². The van der Waals surface area contributed by atoms with Gasteiger partial charge in [0.2, 0.25) is 0 Å². The fraction of sp³-hybridized carbons (Fsp3) is 1.00. The molecule has 9 heteroatoms. The molecule has 0 saturated carbocycles. The summed E-state index contributed by atoms with van der Waals surface area (Å²) in [6, 6.07) is 0. The first kappa shape index (κ1) is 30.5. The second-order valence-electron chi connectivity index (χ2n) is 6.86. The van der Waals surface area contributed by atoms with Gasteiger partial charge in [0.15, 0.2) is 0 Å². The molecule has 1 unspecified atom stereocenters. The number of methoxy groups -OCH3 is 2. The van der Waals surface area contributed by atoms with Crippen molar-refractivity contribution in [3.63, 3.8) is 0 Å². The Balaban J connectivity index is 0. The molecule has 0 spiro atoms. The predicted octanol–water partition coefficient (Wildman–Crippen LogP) is 4.13. The third-order valence-corrected chi connectivity index (χ3v) is 5.41. The third-order valence-electron chi connectivity index (χ3n) is 4.23. The Morgan fingerprint density at radius 1 is 0.786 bits per heavy atom. The van der Waals surface area contributed by atoms with Crippen molar-refractivity contribution >= 4 is 19.6 Å². The van der Waals surface area contributed by atoms with Crippen LogP contribution in [0.25, 0.3) is 0 Å². The lowest BCUT2D eigenvalue weighted by Crippen LogP contribution is -2.18. The van der Waals surface area contributed by atoms with Crippen LogP contribution in [0, 0.1) is 0 Å². The minimum Gasteiger partial charge on any atom is -0.394 e. The fourth-order valence-corrected chi connectivity index (χ4v) is 3.71. The Morgan fingerprint density at radius 2 is 1.18 bits per heavy atom. The summed E-state index contributed by atoms with van der Waals surface area (Å²) in [5, 5.41) is 9.01. The topological polar surface area (TPSA) is 116 Å². The number of aliphatic hydroxyl groups excluding tert-OH is 1.